The van der Waals surface area contributed by atoms with E-state index in [1.165, 1.54) is 44.9 Å². The third kappa shape index (κ3) is 16.9. The highest BCUT2D eigenvalue weighted by Crippen LogP contribution is 2.09. The van der Waals surface area contributed by atoms with Crippen molar-refractivity contribution in [2.75, 3.05) is 0 Å². The Labute approximate surface area is 125 Å². The van der Waals surface area contributed by atoms with Gasteiger partial charge in [0.25, 0.3) is 0 Å². The van der Waals surface area contributed by atoms with Crippen LogP contribution in [0.5, 0.6) is 0 Å². The molecule has 0 heterocycles. The minimum atomic E-state index is -0.918. The lowest BCUT2D eigenvalue weighted by molar-refractivity contribution is -0.143. The maximum atomic E-state index is 10.2. The van der Waals surface area contributed by atoms with Gasteiger partial charge in [0.1, 0.15) is 0 Å². The van der Waals surface area contributed by atoms with Gasteiger partial charge in [-0.3, -0.25) is 0 Å². The van der Waals surface area contributed by atoms with Crippen molar-refractivity contribution in [1.82, 2.24) is 0 Å². The minimum Gasteiger partial charge on any atom is -0.247 e. The number of carbonyl (C=O) groups excluding carboxylic acids is 1. The van der Waals surface area contributed by atoms with E-state index >= 15 is 0 Å². The fourth-order valence-electron chi connectivity index (χ4n) is 2.07. The summed E-state index contributed by atoms with van der Waals surface area (Å²) in [5.41, 5.74) is 0. The lowest BCUT2D eigenvalue weighted by atomic mass is 10.1. The molecule has 0 bridgehead atoms. The Kier molecular flexibility index (Phi) is 15.2. The first-order chi connectivity index (χ1) is 9.77. The van der Waals surface area contributed by atoms with Gasteiger partial charge in [0, 0.05) is 0 Å². The van der Waals surface area contributed by atoms with Crippen molar-refractivity contribution in [1.29, 1.82) is 0 Å². The van der Waals surface area contributed by atoms with Crippen LogP contribution in [0.2, 0.25) is 0 Å². The summed E-state index contributed by atoms with van der Waals surface area (Å²) in [6.07, 6.45) is 21.9. The molecule has 0 saturated carbocycles. The molecule has 0 saturated heterocycles. The van der Waals surface area contributed by atoms with Gasteiger partial charge in [-0.1, -0.05) is 69.8 Å². The van der Waals surface area contributed by atoms with Crippen LogP contribution in [0, 0.1) is 0 Å². The second kappa shape index (κ2) is 16.0. The molecule has 0 aromatic heterocycles. The summed E-state index contributed by atoms with van der Waals surface area (Å²) < 4.78 is 0. The minimum absolute atomic E-state index is 0.217. The molecule has 1 radical (unpaired) electrons. The van der Waals surface area contributed by atoms with Crippen LogP contribution in [-0.4, -0.2) is 5.97 Å². The fraction of sp³-hybridized carbons (Fsp3) is 0.722. The van der Waals surface area contributed by atoms with E-state index in [1.807, 2.05) is 0 Å². The normalized spacial score (nSPS) is 11.7. The van der Waals surface area contributed by atoms with Gasteiger partial charge in [0.05, 0.1) is 6.42 Å². The average Bonchev–Trinajstić information content (AvgIpc) is 2.43. The summed E-state index contributed by atoms with van der Waals surface area (Å²) in [5, 5.41) is 10.2. The molecular formula is C18H31O2. The molecule has 0 aliphatic carbocycles. The third-order valence-corrected chi connectivity index (χ3v) is 3.33. The predicted octanol–water partition coefficient (Wildman–Crippen LogP) is 5.76. The standard InChI is InChI=1S/C18H31O2/c1-2-3-4-5-6-7-8-9-10-11-12-13-14-15-16-17-18(19)20/h5-6,8-9H,2-4,7,10-17H2,1H3/b6-5+,9-8+. The first-order valence-corrected chi connectivity index (χ1v) is 8.27. The largest absolute Gasteiger partial charge is 0.355 e. The van der Waals surface area contributed by atoms with Gasteiger partial charge in [-0.2, -0.15) is 0 Å². The van der Waals surface area contributed by atoms with Crippen LogP contribution in [0.1, 0.15) is 84.0 Å². The van der Waals surface area contributed by atoms with E-state index in [-0.39, 0.29) is 6.42 Å². The Morgan fingerprint density at radius 2 is 1.30 bits per heavy atom. The Hall–Kier alpha value is -1.05. The highest BCUT2D eigenvalue weighted by atomic mass is 16.4. The zero-order valence-corrected chi connectivity index (χ0v) is 13.1. The highest BCUT2D eigenvalue weighted by molar-refractivity contribution is 5.66. The molecule has 2 heteroatoms. The highest BCUT2D eigenvalue weighted by Gasteiger charge is 1.98. The van der Waals surface area contributed by atoms with Crippen molar-refractivity contribution < 1.29 is 9.90 Å². The van der Waals surface area contributed by atoms with Crippen LogP contribution in [0.3, 0.4) is 0 Å². The van der Waals surface area contributed by atoms with Crippen LogP contribution in [-0.2, 0) is 9.90 Å². The van der Waals surface area contributed by atoms with Gasteiger partial charge < -0.3 is 0 Å². The Morgan fingerprint density at radius 3 is 1.90 bits per heavy atom. The van der Waals surface area contributed by atoms with Crippen LogP contribution >= 0.6 is 0 Å². The molecule has 0 amide bonds. The molecule has 0 aromatic rings. The average molecular weight is 279 g/mol. The monoisotopic (exact) mass is 279 g/mol. The van der Waals surface area contributed by atoms with Gasteiger partial charge in [-0.15, -0.1) is 0 Å². The third-order valence-electron chi connectivity index (χ3n) is 3.33. The molecule has 20 heavy (non-hydrogen) atoms. The SMILES string of the molecule is CCCC/C=C/C/C=C/CCCCCCCCC([O])=O. The summed E-state index contributed by atoms with van der Waals surface area (Å²) in [7, 11) is 0. The summed E-state index contributed by atoms with van der Waals surface area (Å²) in [4.78, 5) is 10.2. The molecule has 0 rings (SSSR count). The predicted molar refractivity (Wildman–Crippen MR) is 85.1 cm³/mol. The Morgan fingerprint density at radius 1 is 0.750 bits per heavy atom. The molecule has 115 valence electrons. The Balaban J connectivity index is 3.15. The number of unbranched alkanes of at least 4 members (excludes halogenated alkanes) is 8. The summed E-state index contributed by atoms with van der Waals surface area (Å²) in [6, 6.07) is 0. The van der Waals surface area contributed by atoms with Crippen LogP contribution < -0.4 is 0 Å². The molecule has 0 atom stereocenters. The van der Waals surface area contributed by atoms with Crippen molar-refractivity contribution in [3.8, 4) is 0 Å². The van der Waals surface area contributed by atoms with E-state index in [4.69, 9.17) is 0 Å². The topological polar surface area (TPSA) is 37.0 Å². The second-order valence-corrected chi connectivity index (χ2v) is 5.35. The lowest BCUT2D eigenvalue weighted by Gasteiger charge is -1.98. The van der Waals surface area contributed by atoms with Gasteiger partial charge >= 0.3 is 5.97 Å². The maximum Gasteiger partial charge on any atom is 0.355 e. The van der Waals surface area contributed by atoms with Crippen molar-refractivity contribution >= 4 is 5.97 Å². The molecule has 0 N–H and O–H groups in total. The summed E-state index contributed by atoms with van der Waals surface area (Å²) >= 11 is 0. The van der Waals surface area contributed by atoms with E-state index in [2.05, 4.69) is 31.2 Å². The van der Waals surface area contributed by atoms with Crippen molar-refractivity contribution in [2.45, 2.75) is 84.0 Å². The molecule has 0 spiro atoms. The van der Waals surface area contributed by atoms with E-state index in [9.17, 15) is 9.90 Å². The quantitative estimate of drug-likeness (QED) is 0.294. The second-order valence-electron chi connectivity index (χ2n) is 5.35. The van der Waals surface area contributed by atoms with Crippen LogP contribution in [0.4, 0.5) is 0 Å². The molecule has 0 aliphatic heterocycles. The summed E-state index contributed by atoms with van der Waals surface area (Å²) in [6.45, 7) is 2.22. The molecule has 0 fully saturated rings. The van der Waals surface area contributed by atoms with Crippen LogP contribution in [0.25, 0.3) is 0 Å². The van der Waals surface area contributed by atoms with E-state index in [0.29, 0.717) is 0 Å². The van der Waals surface area contributed by atoms with Gasteiger partial charge in [-0.25, -0.2) is 9.90 Å². The van der Waals surface area contributed by atoms with Crippen LogP contribution in [0.15, 0.2) is 24.3 Å². The van der Waals surface area contributed by atoms with Gasteiger partial charge in [0.15, 0.2) is 0 Å². The molecule has 0 aromatic carbocycles. The van der Waals surface area contributed by atoms with Crippen molar-refractivity contribution in [3.05, 3.63) is 24.3 Å². The molecular weight excluding hydrogens is 248 g/mol. The molecule has 2 nitrogen and oxygen atoms in total. The van der Waals surface area contributed by atoms with E-state index in [1.54, 1.807) is 0 Å². The van der Waals surface area contributed by atoms with Gasteiger partial charge in [-0.05, 0) is 32.1 Å². The summed E-state index contributed by atoms with van der Waals surface area (Å²) in [5.74, 6) is -0.918. The zero-order valence-electron chi connectivity index (χ0n) is 13.1. The smallest absolute Gasteiger partial charge is 0.247 e. The van der Waals surface area contributed by atoms with Gasteiger partial charge in [0.2, 0.25) is 0 Å². The fourth-order valence-corrected chi connectivity index (χ4v) is 2.07. The van der Waals surface area contributed by atoms with Crippen molar-refractivity contribution in [2.24, 2.45) is 0 Å². The molecule has 0 unspecified atom stereocenters. The first-order valence-electron chi connectivity index (χ1n) is 8.27. The van der Waals surface area contributed by atoms with Crippen molar-refractivity contribution in [3.63, 3.8) is 0 Å². The number of hydrogen-bond donors (Lipinski definition) is 0. The molecule has 0 aliphatic rings. The lowest BCUT2D eigenvalue weighted by Crippen LogP contribution is -1.91. The first kappa shape index (κ1) is 18.9. The maximum absolute atomic E-state index is 10.2. The number of allylic oxidation sites excluding steroid dienone is 4. The number of carbonyl (C=O) groups is 1. The zero-order chi connectivity index (χ0) is 14.9. The Bertz CT molecular complexity index is 267. The number of rotatable bonds is 14. The number of hydrogen-bond acceptors (Lipinski definition) is 1. The van der Waals surface area contributed by atoms with E-state index < -0.39 is 5.97 Å². The van der Waals surface area contributed by atoms with E-state index in [0.717, 1.165) is 25.7 Å².